The third kappa shape index (κ3) is 4.41. The third-order valence-electron chi connectivity index (χ3n) is 6.68. The number of oxazole rings is 1. The Morgan fingerprint density at radius 1 is 1.20 bits per heavy atom. The van der Waals surface area contributed by atoms with Crippen molar-refractivity contribution in [3.05, 3.63) is 18.2 Å². The SMILES string of the molecule is COc1ccc2oc(N3CCCCC3C(=O)NCCN3C(C)CCCC3C)nc2c1. The number of methoxy groups -OCH3 is 1. The number of ether oxygens (including phenoxy) is 1. The molecule has 7 heteroatoms. The van der Waals surface area contributed by atoms with Crippen molar-refractivity contribution in [3.8, 4) is 5.75 Å². The minimum Gasteiger partial charge on any atom is -0.497 e. The maximum absolute atomic E-state index is 13.0. The molecule has 0 spiro atoms. The first-order chi connectivity index (χ1) is 14.6. The van der Waals surface area contributed by atoms with Gasteiger partial charge in [-0.1, -0.05) is 6.42 Å². The molecule has 30 heavy (non-hydrogen) atoms. The molecule has 1 amide bonds. The monoisotopic (exact) mass is 414 g/mol. The number of likely N-dealkylation sites (tertiary alicyclic amines) is 1. The largest absolute Gasteiger partial charge is 0.497 e. The summed E-state index contributed by atoms with van der Waals surface area (Å²) in [7, 11) is 1.64. The van der Waals surface area contributed by atoms with E-state index in [2.05, 4.69) is 29.0 Å². The van der Waals surface area contributed by atoms with Crippen molar-refractivity contribution in [2.75, 3.05) is 31.6 Å². The van der Waals surface area contributed by atoms with Gasteiger partial charge in [-0.3, -0.25) is 9.69 Å². The molecule has 2 aromatic rings. The van der Waals surface area contributed by atoms with Gasteiger partial charge in [-0.15, -0.1) is 0 Å². The number of amides is 1. The summed E-state index contributed by atoms with van der Waals surface area (Å²) in [5.74, 6) is 0.823. The fourth-order valence-corrected chi connectivity index (χ4v) is 4.92. The van der Waals surface area contributed by atoms with Gasteiger partial charge in [-0.2, -0.15) is 4.98 Å². The molecule has 2 fully saturated rings. The molecule has 3 atom stereocenters. The summed E-state index contributed by atoms with van der Waals surface area (Å²) in [6.07, 6.45) is 6.70. The molecule has 2 aliphatic rings. The maximum Gasteiger partial charge on any atom is 0.299 e. The standard InChI is InChI=1S/C23H34N4O3/c1-16-7-6-8-17(2)26(16)14-12-24-22(28)20-9-4-5-13-27(20)23-25-19-15-18(29-3)10-11-21(19)30-23/h10-11,15-17,20H,4-9,12-14H2,1-3H3,(H,24,28). The topological polar surface area (TPSA) is 70.8 Å². The van der Waals surface area contributed by atoms with Crippen LogP contribution in [0.15, 0.2) is 22.6 Å². The van der Waals surface area contributed by atoms with E-state index in [1.54, 1.807) is 7.11 Å². The van der Waals surface area contributed by atoms with Gasteiger partial charge in [0.05, 0.1) is 7.11 Å². The second kappa shape index (κ2) is 9.25. The van der Waals surface area contributed by atoms with Gasteiger partial charge >= 0.3 is 0 Å². The zero-order valence-electron chi connectivity index (χ0n) is 18.4. The molecule has 0 bridgehead atoms. The Labute approximate surface area is 178 Å². The Kier molecular flexibility index (Phi) is 6.46. The first-order valence-electron chi connectivity index (χ1n) is 11.3. The molecule has 7 nitrogen and oxygen atoms in total. The zero-order valence-corrected chi connectivity index (χ0v) is 18.4. The van der Waals surface area contributed by atoms with Crippen LogP contribution >= 0.6 is 0 Å². The van der Waals surface area contributed by atoms with Crippen molar-refractivity contribution in [1.82, 2.24) is 15.2 Å². The minimum absolute atomic E-state index is 0.0758. The molecular weight excluding hydrogens is 380 g/mol. The number of nitrogens with one attached hydrogen (secondary N) is 1. The molecule has 3 unspecified atom stereocenters. The van der Waals surface area contributed by atoms with Crippen LogP contribution in [0, 0.1) is 0 Å². The van der Waals surface area contributed by atoms with Crippen molar-refractivity contribution in [3.63, 3.8) is 0 Å². The lowest BCUT2D eigenvalue weighted by Crippen LogP contribution is -2.52. The van der Waals surface area contributed by atoms with Gasteiger partial charge in [0, 0.05) is 37.8 Å². The van der Waals surface area contributed by atoms with E-state index in [1.807, 2.05) is 23.1 Å². The van der Waals surface area contributed by atoms with Gasteiger partial charge in [-0.25, -0.2) is 0 Å². The molecule has 2 aliphatic heterocycles. The fourth-order valence-electron chi connectivity index (χ4n) is 4.92. The van der Waals surface area contributed by atoms with Gasteiger partial charge < -0.3 is 19.4 Å². The lowest BCUT2D eigenvalue weighted by Gasteiger charge is -2.39. The number of piperidine rings is 2. The smallest absolute Gasteiger partial charge is 0.299 e. The summed E-state index contributed by atoms with van der Waals surface area (Å²) in [6, 6.07) is 7.07. The van der Waals surface area contributed by atoms with E-state index in [4.69, 9.17) is 9.15 Å². The molecule has 2 saturated heterocycles. The van der Waals surface area contributed by atoms with Crippen LogP contribution < -0.4 is 15.0 Å². The summed E-state index contributed by atoms with van der Waals surface area (Å²) in [5, 5.41) is 3.18. The fraction of sp³-hybridized carbons (Fsp3) is 0.652. The van der Waals surface area contributed by atoms with E-state index in [0.29, 0.717) is 30.2 Å². The first-order valence-corrected chi connectivity index (χ1v) is 11.3. The summed E-state index contributed by atoms with van der Waals surface area (Å²) < 4.78 is 11.3. The number of fused-ring (bicyclic) bond motifs is 1. The van der Waals surface area contributed by atoms with Crippen LogP contribution in [0.25, 0.3) is 11.1 Å². The molecule has 3 heterocycles. The molecule has 0 radical (unpaired) electrons. The maximum atomic E-state index is 13.0. The first kappa shape index (κ1) is 21.0. The van der Waals surface area contributed by atoms with E-state index in [9.17, 15) is 4.79 Å². The molecule has 1 aromatic carbocycles. The molecular formula is C23H34N4O3. The van der Waals surface area contributed by atoms with Crippen molar-refractivity contribution in [2.45, 2.75) is 70.5 Å². The Hall–Kier alpha value is -2.28. The second-order valence-corrected chi connectivity index (χ2v) is 8.69. The van der Waals surface area contributed by atoms with E-state index in [-0.39, 0.29) is 11.9 Å². The van der Waals surface area contributed by atoms with Crippen molar-refractivity contribution >= 4 is 23.0 Å². The second-order valence-electron chi connectivity index (χ2n) is 8.69. The number of carbonyl (C=O) groups excluding carboxylic acids is 1. The highest BCUT2D eigenvalue weighted by Gasteiger charge is 2.32. The van der Waals surface area contributed by atoms with Crippen LogP contribution in [-0.4, -0.2) is 60.7 Å². The normalized spacial score (nSPS) is 25.4. The number of anilines is 1. The number of carbonyl (C=O) groups is 1. The Morgan fingerprint density at radius 3 is 2.77 bits per heavy atom. The predicted molar refractivity (Wildman–Crippen MR) is 118 cm³/mol. The molecule has 0 aliphatic carbocycles. The van der Waals surface area contributed by atoms with Gasteiger partial charge in [-0.05, 0) is 58.1 Å². The number of hydrogen-bond donors (Lipinski definition) is 1. The lowest BCUT2D eigenvalue weighted by molar-refractivity contribution is -0.123. The lowest BCUT2D eigenvalue weighted by atomic mass is 9.97. The highest BCUT2D eigenvalue weighted by Crippen LogP contribution is 2.29. The van der Waals surface area contributed by atoms with E-state index >= 15 is 0 Å². The van der Waals surface area contributed by atoms with Crippen LogP contribution in [0.1, 0.15) is 52.4 Å². The highest BCUT2D eigenvalue weighted by molar-refractivity contribution is 5.85. The third-order valence-corrected chi connectivity index (χ3v) is 6.68. The molecule has 0 saturated carbocycles. The van der Waals surface area contributed by atoms with E-state index in [0.717, 1.165) is 43.6 Å². The molecule has 1 N–H and O–H groups in total. The Morgan fingerprint density at radius 2 is 2.00 bits per heavy atom. The van der Waals surface area contributed by atoms with Gasteiger partial charge in [0.2, 0.25) is 5.91 Å². The number of aromatic nitrogens is 1. The summed E-state index contributed by atoms with van der Waals surface area (Å²) in [5.41, 5.74) is 1.46. The zero-order chi connectivity index (χ0) is 21.1. The number of hydrogen-bond acceptors (Lipinski definition) is 6. The van der Waals surface area contributed by atoms with E-state index in [1.165, 1.54) is 19.3 Å². The predicted octanol–water partition coefficient (Wildman–Crippen LogP) is 3.57. The van der Waals surface area contributed by atoms with Gasteiger partial charge in [0.15, 0.2) is 5.58 Å². The molecule has 4 rings (SSSR count). The van der Waals surface area contributed by atoms with Crippen molar-refractivity contribution in [2.24, 2.45) is 0 Å². The van der Waals surface area contributed by atoms with Crippen LogP contribution in [0.5, 0.6) is 5.75 Å². The van der Waals surface area contributed by atoms with Crippen LogP contribution in [0.2, 0.25) is 0 Å². The Balaban J connectivity index is 1.41. The average molecular weight is 415 g/mol. The Bertz CT molecular complexity index is 857. The minimum atomic E-state index is -0.232. The summed E-state index contributed by atoms with van der Waals surface area (Å²) in [6.45, 7) is 6.96. The number of nitrogens with zero attached hydrogens (tertiary/aromatic N) is 3. The molecule has 1 aromatic heterocycles. The summed E-state index contributed by atoms with van der Waals surface area (Å²) >= 11 is 0. The van der Waals surface area contributed by atoms with Crippen molar-refractivity contribution < 1.29 is 13.9 Å². The average Bonchev–Trinajstić information content (AvgIpc) is 3.18. The number of benzene rings is 1. The van der Waals surface area contributed by atoms with Crippen LogP contribution in [0.4, 0.5) is 6.01 Å². The number of rotatable bonds is 6. The van der Waals surface area contributed by atoms with Crippen molar-refractivity contribution in [1.29, 1.82) is 0 Å². The highest BCUT2D eigenvalue weighted by atomic mass is 16.5. The van der Waals surface area contributed by atoms with E-state index < -0.39 is 0 Å². The summed E-state index contributed by atoms with van der Waals surface area (Å²) in [4.78, 5) is 22.2. The quantitative estimate of drug-likeness (QED) is 0.779. The van der Waals surface area contributed by atoms with Gasteiger partial charge in [0.25, 0.3) is 6.01 Å². The molecule has 164 valence electrons. The van der Waals surface area contributed by atoms with Crippen LogP contribution in [0.3, 0.4) is 0 Å². The van der Waals surface area contributed by atoms with Gasteiger partial charge in [0.1, 0.15) is 17.3 Å². The van der Waals surface area contributed by atoms with Crippen LogP contribution in [-0.2, 0) is 4.79 Å².